The molecule has 0 fully saturated rings. The summed E-state index contributed by atoms with van der Waals surface area (Å²) < 4.78 is 25.4. The van der Waals surface area contributed by atoms with Crippen LogP contribution in [0.1, 0.15) is 18.9 Å². The summed E-state index contributed by atoms with van der Waals surface area (Å²) in [6.07, 6.45) is 1.66. The van der Waals surface area contributed by atoms with E-state index in [0.29, 0.717) is 6.54 Å². The summed E-state index contributed by atoms with van der Waals surface area (Å²) in [7, 11) is -3.11. The van der Waals surface area contributed by atoms with Crippen molar-refractivity contribution < 1.29 is 13.5 Å². The third-order valence-corrected chi connectivity index (χ3v) is 5.29. The highest BCUT2D eigenvalue weighted by Crippen LogP contribution is 2.29. The summed E-state index contributed by atoms with van der Waals surface area (Å²) in [5.41, 5.74) is 2.47. The highest BCUT2D eigenvalue weighted by molar-refractivity contribution is 7.89. The van der Waals surface area contributed by atoms with Crippen LogP contribution in [0.5, 0.6) is 0 Å². The van der Waals surface area contributed by atoms with Gasteiger partial charge in [0.2, 0.25) is 10.0 Å². The van der Waals surface area contributed by atoms with Gasteiger partial charge in [0.05, 0.1) is 5.75 Å². The molecule has 1 atom stereocenters. The van der Waals surface area contributed by atoms with Crippen LogP contribution >= 0.6 is 0 Å². The number of rotatable bonds is 7. The molecule has 1 aromatic carbocycles. The van der Waals surface area contributed by atoms with E-state index in [1.54, 1.807) is 6.92 Å². The van der Waals surface area contributed by atoms with Gasteiger partial charge in [-0.1, -0.05) is 18.2 Å². The zero-order valence-electron chi connectivity index (χ0n) is 12.5. The van der Waals surface area contributed by atoms with Gasteiger partial charge in [-0.3, -0.25) is 0 Å². The van der Waals surface area contributed by atoms with Crippen molar-refractivity contribution in [1.29, 1.82) is 0 Å². The van der Waals surface area contributed by atoms with E-state index in [1.807, 2.05) is 12.1 Å². The fourth-order valence-electron chi connectivity index (χ4n) is 2.71. The molecule has 0 radical (unpaired) electrons. The second kappa shape index (κ2) is 7.24. The molecular weight excluding hydrogens is 288 g/mol. The maximum absolute atomic E-state index is 11.4. The molecule has 1 unspecified atom stereocenters. The van der Waals surface area contributed by atoms with Gasteiger partial charge < -0.3 is 10.0 Å². The molecule has 1 aliphatic heterocycles. The van der Waals surface area contributed by atoms with E-state index in [-0.39, 0.29) is 18.3 Å². The number of sulfonamides is 1. The Morgan fingerprint density at radius 3 is 2.86 bits per heavy atom. The number of nitrogens with one attached hydrogen (secondary N) is 1. The minimum Gasteiger partial charge on any atom is -0.396 e. The Kier molecular flexibility index (Phi) is 5.61. The smallest absolute Gasteiger partial charge is 0.211 e. The molecule has 1 aromatic rings. The summed E-state index contributed by atoms with van der Waals surface area (Å²) in [4.78, 5) is 2.25. The van der Waals surface area contributed by atoms with Gasteiger partial charge in [0.25, 0.3) is 0 Å². The first-order valence-corrected chi connectivity index (χ1v) is 9.12. The Balaban J connectivity index is 1.93. The fourth-order valence-corrected chi connectivity index (χ4v) is 3.37. The van der Waals surface area contributed by atoms with E-state index in [4.69, 9.17) is 0 Å². The van der Waals surface area contributed by atoms with Crippen molar-refractivity contribution in [3.8, 4) is 0 Å². The number of para-hydroxylation sites is 1. The van der Waals surface area contributed by atoms with E-state index in [2.05, 4.69) is 21.8 Å². The summed E-state index contributed by atoms with van der Waals surface area (Å²) in [5.74, 6) is 0.374. The third kappa shape index (κ3) is 4.43. The number of aliphatic hydroxyl groups excluding tert-OH is 1. The molecule has 0 aliphatic carbocycles. The first-order chi connectivity index (χ1) is 10.1. The van der Waals surface area contributed by atoms with E-state index < -0.39 is 10.0 Å². The Morgan fingerprint density at radius 1 is 1.38 bits per heavy atom. The molecule has 1 heterocycles. The SMILES string of the molecule is CCS(=O)(=O)NCCCN1CC(CO)Cc2ccccc21. The maximum atomic E-state index is 11.4. The Hall–Kier alpha value is -1.11. The van der Waals surface area contributed by atoms with Crippen LogP contribution in [-0.2, 0) is 16.4 Å². The summed E-state index contributed by atoms with van der Waals surface area (Å²) >= 11 is 0. The minimum atomic E-state index is -3.11. The Morgan fingerprint density at radius 2 is 2.14 bits per heavy atom. The van der Waals surface area contributed by atoms with E-state index in [1.165, 1.54) is 11.3 Å². The van der Waals surface area contributed by atoms with Crippen molar-refractivity contribution in [2.45, 2.75) is 19.8 Å². The van der Waals surface area contributed by atoms with Crippen LogP contribution < -0.4 is 9.62 Å². The summed E-state index contributed by atoms with van der Waals surface area (Å²) in [6.45, 7) is 3.90. The van der Waals surface area contributed by atoms with Crippen LogP contribution in [0, 0.1) is 5.92 Å². The van der Waals surface area contributed by atoms with E-state index in [9.17, 15) is 13.5 Å². The second-order valence-corrected chi connectivity index (χ2v) is 7.57. The normalized spacial score (nSPS) is 18.6. The molecule has 2 rings (SSSR count). The molecule has 0 spiro atoms. The number of benzene rings is 1. The average Bonchev–Trinajstić information content (AvgIpc) is 2.51. The highest BCUT2D eigenvalue weighted by atomic mass is 32.2. The van der Waals surface area contributed by atoms with Crippen molar-refractivity contribution in [3.05, 3.63) is 29.8 Å². The number of fused-ring (bicyclic) bond motifs is 1. The zero-order valence-corrected chi connectivity index (χ0v) is 13.3. The van der Waals surface area contributed by atoms with Gasteiger partial charge in [0, 0.05) is 37.8 Å². The Labute approximate surface area is 127 Å². The standard InChI is InChI=1S/C15H24N2O3S/c1-2-21(19,20)16-8-5-9-17-11-13(12-18)10-14-6-3-4-7-15(14)17/h3-4,6-7,13,16,18H,2,5,8-12H2,1H3. The van der Waals surface area contributed by atoms with Gasteiger partial charge in [-0.2, -0.15) is 0 Å². The van der Waals surface area contributed by atoms with Crippen LogP contribution in [0.3, 0.4) is 0 Å². The van der Waals surface area contributed by atoms with Gasteiger partial charge in [-0.15, -0.1) is 0 Å². The predicted molar refractivity (Wildman–Crippen MR) is 85.0 cm³/mol. The molecule has 0 saturated heterocycles. The lowest BCUT2D eigenvalue weighted by atomic mass is 9.93. The van der Waals surface area contributed by atoms with Crippen LogP contribution in [0.25, 0.3) is 0 Å². The lowest BCUT2D eigenvalue weighted by molar-refractivity contribution is 0.224. The maximum Gasteiger partial charge on any atom is 0.211 e. The molecule has 0 aromatic heterocycles. The van der Waals surface area contributed by atoms with Crippen LogP contribution in [0.15, 0.2) is 24.3 Å². The second-order valence-electron chi connectivity index (χ2n) is 5.48. The molecule has 0 saturated carbocycles. The molecule has 2 N–H and O–H groups in total. The van der Waals surface area contributed by atoms with E-state index in [0.717, 1.165) is 25.9 Å². The molecule has 0 amide bonds. The molecule has 0 bridgehead atoms. The van der Waals surface area contributed by atoms with Gasteiger partial charge in [0.15, 0.2) is 0 Å². The van der Waals surface area contributed by atoms with Gasteiger partial charge in [0.1, 0.15) is 0 Å². The third-order valence-electron chi connectivity index (χ3n) is 3.88. The predicted octanol–water partition coefficient (Wildman–Crippen LogP) is 0.987. The minimum absolute atomic E-state index is 0.117. The van der Waals surface area contributed by atoms with Crippen molar-refractivity contribution in [2.75, 3.05) is 36.9 Å². The Bertz CT molecular complexity index is 560. The lowest BCUT2D eigenvalue weighted by Gasteiger charge is -2.35. The number of aliphatic hydroxyl groups is 1. The molecule has 6 heteroatoms. The van der Waals surface area contributed by atoms with Crippen molar-refractivity contribution >= 4 is 15.7 Å². The molecule has 118 valence electrons. The largest absolute Gasteiger partial charge is 0.396 e. The zero-order chi connectivity index (χ0) is 15.3. The monoisotopic (exact) mass is 312 g/mol. The number of hydrogen-bond donors (Lipinski definition) is 2. The number of hydrogen-bond acceptors (Lipinski definition) is 4. The lowest BCUT2D eigenvalue weighted by Crippen LogP contribution is -2.38. The average molecular weight is 312 g/mol. The van der Waals surface area contributed by atoms with Crippen LogP contribution in [0.2, 0.25) is 0 Å². The number of anilines is 1. The molecule has 5 nitrogen and oxygen atoms in total. The topological polar surface area (TPSA) is 69.6 Å². The van der Waals surface area contributed by atoms with Crippen molar-refractivity contribution in [2.24, 2.45) is 5.92 Å². The molecule has 1 aliphatic rings. The molecule has 21 heavy (non-hydrogen) atoms. The van der Waals surface area contributed by atoms with Crippen LogP contribution in [-0.4, -0.2) is 45.5 Å². The highest BCUT2D eigenvalue weighted by Gasteiger charge is 2.23. The fraction of sp³-hybridized carbons (Fsp3) is 0.600. The summed E-state index contributed by atoms with van der Waals surface area (Å²) in [6, 6.07) is 8.24. The first-order valence-electron chi connectivity index (χ1n) is 7.46. The van der Waals surface area contributed by atoms with E-state index >= 15 is 0 Å². The first kappa shape index (κ1) is 16.3. The van der Waals surface area contributed by atoms with Crippen molar-refractivity contribution in [3.63, 3.8) is 0 Å². The van der Waals surface area contributed by atoms with Gasteiger partial charge in [-0.25, -0.2) is 13.1 Å². The van der Waals surface area contributed by atoms with Crippen molar-refractivity contribution in [1.82, 2.24) is 4.72 Å². The summed E-state index contributed by atoms with van der Waals surface area (Å²) in [5, 5.41) is 9.43. The number of nitrogens with zero attached hydrogens (tertiary/aromatic N) is 1. The molecular formula is C15H24N2O3S. The quantitative estimate of drug-likeness (QED) is 0.737. The van der Waals surface area contributed by atoms with Gasteiger partial charge >= 0.3 is 0 Å². The van der Waals surface area contributed by atoms with Crippen LogP contribution in [0.4, 0.5) is 5.69 Å². The van der Waals surface area contributed by atoms with Gasteiger partial charge in [-0.05, 0) is 31.4 Å².